The van der Waals surface area contributed by atoms with Crippen LogP contribution < -0.4 is 0 Å². The van der Waals surface area contributed by atoms with E-state index in [1.165, 1.54) is 18.2 Å². The van der Waals surface area contributed by atoms with Gasteiger partial charge < -0.3 is 10.2 Å². The molecule has 1 heterocycles. The number of pyridine rings is 1. The van der Waals surface area contributed by atoms with E-state index < -0.39 is 11.6 Å². The summed E-state index contributed by atoms with van der Waals surface area (Å²) in [5.74, 6) is -1.11. The highest BCUT2D eigenvalue weighted by atomic mass is 35.5. The summed E-state index contributed by atoms with van der Waals surface area (Å²) in [5.41, 5.74) is 2.20. The molecular formula is C17H11ClFNO2. The van der Waals surface area contributed by atoms with Crippen molar-refractivity contribution in [3.05, 3.63) is 59.4 Å². The van der Waals surface area contributed by atoms with Gasteiger partial charge in [-0.1, -0.05) is 24.3 Å². The van der Waals surface area contributed by atoms with Gasteiger partial charge in [0.15, 0.2) is 11.6 Å². The minimum absolute atomic E-state index is 0.0332. The van der Waals surface area contributed by atoms with Crippen molar-refractivity contribution in [2.24, 2.45) is 0 Å². The third-order valence-corrected chi connectivity index (χ3v) is 3.64. The van der Waals surface area contributed by atoms with E-state index in [-0.39, 0.29) is 5.75 Å². The number of aromatic nitrogens is 1. The van der Waals surface area contributed by atoms with Gasteiger partial charge in [-0.05, 0) is 35.9 Å². The summed E-state index contributed by atoms with van der Waals surface area (Å²) in [6.07, 6.45) is 1.61. The number of rotatable bonds is 2. The number of nitrogens with zero attached hydrogens (tertiary/aromatic N) is 1. The van der Waals surface area contributed by atoms with Gasteiger partial charge >= 0.3 is 0 Å². The van der Waals surface area contributed by atoms with Gasteiger partial charge in [0.1, 0.15) is 5.75 Å². The Morgan fingerprint density at radius 2 is 1.91 bits per heavy atom. The Morgan fingerprint density at radius 3 is 2.59 bits per heavy atom. The predicted molar refractivity (Wildman–Crippen MR) is 85.6 cm³/mol. The molecule has 0 radical (unpaired) electrons. The molecule has 3 rings (SSSR count). The average Bonchev–Trinajstić information content (AvgIpc) is 2.49. The fourth-order valence-electron chi connectivity index (χ4n) is 2.28. The lowest BCUT2D eigenvalue weighted by Gasteiger charge is -2.09. The van der Waals surface area contributed by atoms with Crippen molar-refractivity contribution in [2.75, 3.05) is 0 Å². The Labute approximate surface area is 130 Å². The summed E-state index contributed by atoms with van der Waals surface area (Å²) in [6.45, 7) is 3.74. The maximum Gasteiger partial charge on any atom is 0.165 e. The van der Waals surface area contributed by atoms with Gasteiger partial charge in [-0.2, -0.15) is 0 Å². The van der Waals surface area contributed by atoms with Crippen LogP contribution in [0.3, 0.4) is 0 Å². The number of aromatic hydroxyl groups is 2. The summed E-state index contributed by atoms with van der Waals surface area (Å²) in [7, 11) is 0. The van der Waals surface area contributed by atoms with E-state index in [9.17, 15) is 14.6 Å². The smallest absolute Gasteiger partial charge is 0.165 e. The number of halogens is 2. The van der Waals surface area contributed by atoms with Gasteiger partial charge in [0.05, 0.1) is 16.2 Å². The number of hydrogen-bond acceptors (Lipinski definition) is 3. The van der Waals surface area contributed by atoms with Crippen molar-refractivity contribution in [3.8, 4) is 22.8 Å². The van der Waals surface area contributed by atoms with Crippen molar-refractivity contribution in [1.29, 1.82) is 0 Å². The Bertz CT molecular complexity index is 909. The first-order valence-corrected chi connectivity index (χ1v) is 6.82. The maximum absolute atomic E-state index is 13.5. The first kappa shape index (κ1) is 14.4. The molecule has 0 atom stereocenters. The van der Waals surface area contributed by atoms with Crippen LogP contribution in [0, 0.1) is 5.82 Å². The molecule has 22 heavy (non-hydrogen) atoms. The van der Waals surface area contributed by atoms with Gasteiger partial charge in [0.25, 0.3) is 0 Å². The first-order valence-electron chi connectivity index (χ1n) is 6.44. The van der Waals surface area contributed by atoms with Gasteiger partial charge in [-0.15, -0.1) is 0 Å². The Kier molecular flexibility index (Phi) is 3.47. The Morgan fingerprint density at radius 1 is 1.14 bits per heavy atom. The molecule has 2 N–H and O–H groups in total. The van der Waals surface area contributed by atoms with Crippen LogP contribution in [0.15, 0.2) is 43.0 Å². The fraction of sp³-hybridized carbons (Fsp3) is 0. The van der Waals surface area contributed by atoms with Gasteiger partial charge in [0.2, 0.25) is 0 Å². The van der Waals surface area contributed by atoms with Crippen molar-refractivity contribution < 1.29 is 14.6 Å². The van der Waals surface area contributed by atoms with Gasteiger partial charge in [-0.25, -0.2) is 9.37 Å². The zero-order valence-corrected chi connectivity index (χ0v) is 12.1. The third kappa shape index (κ3) is 2.38. The molecule has 0 fully saturated rings. The van der Waals surface area contributed by atoms with E-state index in [2.05, 4.69) is 11.6 Å². The summed E-state index contributed by atoms with van der Waals surface area (Å²) >= 11 is 6.14. The number of fused-ring (bicyclic) bond motifs is 1. The Hall–Kier alpha value is -2.59. The summed E-state index contributed by atoms with van der Waals surface area (Å²) < 4.78 is 13.5. The second-order valence-corrected chi connectivity index (χ2v) is 5.20. The SMILES string of the molecule is C=Cc1cc(-c2ccc(O)c(F)c2)nc2c(Cl)cc(O)cc12. The van der Waals surface area contributed by atoms with Gasteiger partial charge in [-0.3, -0.25) is 0 Å². The molecule has 0 aliphatic carbocycles. The molecule has 110 valence electrons. The zero-order valence-electron chi connectivity index (χ0n) is 11.3. The van der Waals surface area contributed by atoms with Crippen molar-refractivity contribution >= 4 is 28.6 Å². The second-order valence-electron chi connectivity index (χ2n) is 4.79. The molecule has 0 bridgehead atoms. The highest BCUT2D eigenvalue weighted by molar-refractivity contribution is 6.35. The van der Waals surface area contributed by atoms with E-state index in [1.807, 2.05) is 0 Å². The van der Waals surface area contributed by atoms with Crippen LogP contribution in [-0.4, -0.2) is 15.2 Å². The topological polar surface area (TPSA) is 53.4 Å². The van der Waals surface area contributed by atoms with E-state index in [4.69, 9.17) is 11.6 Å². The van der Waals surface area contributed by atoms with Crippen molar-refractivity contribution in [3.63, 3.8) is 0 Å². The molecule has 0 aliphatic heterocycles. The Balaban J connectivity index is 2.31. The van der Waals surface area contributed by atoms with E-state index in [0.29, 0.717) is 32.7 Å². The summed E-state index contributed by atoms with van der Waals surface area (Å²) in [4.78, 5) is 4.43. The normalized spacial score (nSPS) is 10.8. The molecule has 3 aromatic rings. The highest BCUT2D eigenvalue weighted by Gasteiger charge is 2.11. The monoisotopic (exact) mass is 315 g/mol. The van der Waals surface area contributed by atoms with E-state index >= 15 is 0 Å². The lowest BCUT2D eigenvalue weighted by Crippen LogP contribution is -1.91. The molecule has 0 aliphatic rings. The fourth-order valence-corrected chi connectivity index (χ4v) is 2.54. The van der Waals surface area contributed by atoms with Crippen LogP contribution in [0.5, 0.6) is 11.5 Å². The van der Waals surface area contributed by atoms with Crippen molar-refractivity contribution in [1.82, 2.24) is 4.98 Å². The second kappa shape index (κ2) is 5.31. The van der Waals surface area contributed by atoms with Crippen LogP contribution >= 0.6 is 11.6 Å². The largest absolute Gasteiger partial charge is 0.508 e. The molecule has 2 aromatic carbocycles. The van der Waals surface area contributed by atoms with Crippen LogP contribution in [-0.2, 0) is 0 Å². The molecule has 3 nitrogen and oxygen atoms in total. The number of phenols is 2. The standard InChI is InChI=1S/C17H11ClFNO2/c1-2-9-6-15(10-3-4-16(22)14(19)5-10)20-17-12(9)7-11(21)8-13(17)18/h2-8,21-22H,1H2. The average molecular weight is 316 g/mol. The number of benzene rings is 2. The summed E-state index contributed by atoms with van der Waals surface area (Å²) in [5, 5.41) is 19.9. The lowest BCUT2D eigenvalue weighted by molar-refractivity contribution is 0.432. The van der Waals surface area contributed by atoms with Gasteiger partial charge in [0, 0.05) is 17.0 Å². The molecule has 1 aromatic heterocycles. The minimum atomic E-state index is -0.726. The molecule has 0 saturated heterocycles. The molecule has 0 spiro atoms. The van der Waals surface area contributed by atoms with E-state index in [0.717, 1.165) is 0 Å². The molecule has 5 heteroatoms. The van der Waals surface area contributed by atoms with Crippen molar-refractivity contribution in [2.45, 2.75) is 0 Å². The number of phenolic OH excluding ortho intramolecular Hbond substituents is 2. The highest BCUT2D eigenvalue weighted by Crippen LogP contribution is 2.33. The van der Waals surface area contributed by atoms with Crippen LogP contribution in [0.4, 0.5) is 4.39 Å². The maximum atomic E-state index is 13.5. The zero-order chi connectivity index (χ0) is 15.9. The molecule has 0 saturated carbocycles. The molecular weight excluding hydrogens is 305 g/mol. The van der Waals surface area contributed by atoms with Crippen LogP contribution in [0.2, 0.25) is 5.02 Å². The summed E-state index contributed by atoms with van der Waals surface area (Å²) in [6, 6.07) is 8.69. The first-order chi connectivity index (χ1) is 10.5. The molecule has 0 unspecified atom stereocenters. The van der Waals surface area contributed by atoms with Crippen LogP contribution in [0.25, 0.3) is 28.2 Å². The molecule has 0 amide bonds. The third-order valence-electron chi connectivity index (χ3n) is 3.35. The number of hydrogen-bond donors (Lipinski definition) is 2. The van der Waals surface area contributed by atoms with E-state index in [1.54, 1.807) is 24.3 Å². The quantitative estimate of drug-likeness (QED) is 0.717. The van der Waals surface area contributed by atoms with Crippen LogP contribution in [0.1, 0.15) is 5.56 Å². The lowest BCUT2D eigenvalue weighted by atomic mass is 10.0. The predicted octanol–water partition coefficient (Wildman–Crippen LogP) is 4.75. The minimum Gasteiger partial charge on any atom is -0.508 e.